The summed E-state index contributed by atoms with van der Waals surface area (Å²) in [6, 6.07) is 3.64. The van der Waals surface area contributed by atoms with Gasteiger partial charge in [-0.1, -0.05) is 0 Å². The van der Waals surface area contributed by atoms with Gasteiger partial charge < -0.3 is 15.4 Å². The lowest BCUT2D eigenvalue weighted by Crippen LogP contribution is -2.36. The second-order valence-electron chi connectivity index (χ2n) is 3.40. The first-order chi connectivity index (χ1) is 7.72. The minimum atomic E-state index is -0.485. The molecule has 1 aliphatic heterocycles. The van der Waals surface area contributed by atoms with E-state index < -0.39 is 5.91 Å². The van der Waals surface area contributed by atoms with Crippen LogP contribution in [0.15, 0.2) is 6.07 Å². The second kappa shape index (κ2) is 4.51. The molecule has 0 saturated carbocycles. The molecule has 0 bridgehead atoms. The Kier molecular flexibility index (Phi) is 3.08. The highest BCUT2D eigenvalue weighted by Crippen LogP contribution is 2.31. The van der Waals surface area contributed by atoms with E-state index in [2.05, 4.69) is 11.0 Å². The van der Waals surface area contributed by atoms with Crippen LogP contribution >= 0.6 is 11.3 Å². The van der Waals surface area contributed by atoms with Gasteiger partial charge in [-0.05, 0) is 6.07 Å². The molecule has 1 aromatic heterocycles. The fraction of sp³-hybridized carbons (Fsp3) is 0.400. The molecule has 0 spiro atoms. The van der Waals surface area contributed by atoms with Crippen molar-refractivity contribution >= 4 is 22.2 Å². The summed E-state index contributed by atoms with van der Waals surface area (Å²) < 4.78 is 5.24. The van der Waals surface area contributed by atoms with Gasteiger partial charge in [0.25, 0.3) is 5.91 Å². The molecular weight excluding hydrogens is 226 g/mol. The summed E-state index contributed by atoms with van der Waals surface area (Å²) in [6.07, 6.45) is 0. The minimum absolute atomic E-state index is 0.429. The zero-order chi connectivity index (χ0) is 11.5. The average Bonchev–Trinajstić information content (AvgIpc) is 2.74. The molecule has 0 aliphatic carbocycles. The number of anilines is 1. The number of ether oxygens (including phenoxy) is 1. The van der Waals surface area contributed by atoms with E-state index in [0.717, 1.165) is 18.1 Å². The number of hydrogen-bond donors (Lipinski definition) is 1. The molecule has 0 radical (unpaired) electrons. The second-order valence-corrected chi connectivity index (χ2v) is 4.44. The molecule has 0 atom stereocenters. The number of thiophene rings is 1. The van der Waals surface area contributed by atoms with Crippen LogP contribution in [-0.4, -0.2) is 32.2 Å². The lowest BCUT2D eigenvalue weighted by atomic mass is 10.3. The topological polar surface area (TPSA) is 79.3 Å². The van der Waals surface area contributed by atoms with Crippen molar-refractivity contribution in [3.8, 4) is 6.07 Å². The maximum atomic E-state index is 11.0. The van der Waals surface area contributed by atoms with E-state index in [0.29, 0.717) is 23.7 Å². The maximum absolute atomic E-state index is 11.0. The van der Waals surface area contributed by atoms with Gasteiger partial charge in [0.2, 0.25) is 0 Å². The normalized spacial score (nSPS) is 15.8. The first-order valence-electron chi connectivity index (χ1n) is 4.89. The van der Waals surface area contributed by atoms with Crippen LogP contribution in [0.3, 0.4) is 0 Å². The Bertz CT molecular complexity index is 443. The van der Waals surface area contributed by atoms with E-state index in [-0.39, 0.29) is 0 Å². The number of carbonyl (C=O) groups excluding carboxylic acids is 1. The number of nitrogens with zero attached hydrogens (tertiary/aromatic N) is 2. The molecule has 84 valence electrons. The standard InChI is InChI=1S/C10H11N3O2S/c11-6-7-5-8(9(12)14)16-10(7)13-1-3-15-4-2-13/h5H,1-4H2,(H2,12,14). The monoisotopic (exact) mass is 237 g/mol. The molecule has 2 rings (SSSR count). The molecule has 1 aromatic rings. The van der Waals surface area contributed by atoms with Gasteiger partial charge in [-0.3, -0.25) is 4.79 Å². The number of carbonyl (C=O) groups is 1. The lowest BCUT2D eigenvalue weighted by Gasteiger charge is -2.27. The van der Waals surface area contributed by atoms with Crippen molar-refractivity contribution in [3.05, 3.63) is 16.5 Å². The van der Waals surface area contributed by atoms with E-state index in [9.17, 15) is 4.79 Å². The van der Waals surface area contributed by atoms with Crippen LogP contribution in [0.5, 0.6) is 0 Å². The number of primary amides is 1. The molecule has 2 heterocycles. The lowest BCUT2D eigenvalue weighted by molar-refractivity contribution is 0.100. The summed E-state index contributed by atoms with van der Waals surface area (Å²) in [4.78, 5) is 13.5. The van der Waals surface area contributed by atoms with Crippen molar-refractivity contribution in [1.29, 1.82) is 5.26 Å². The highest BCUT2D eigenvalue weighted by Gasteiger charge is 2.19. The van der Waals surface area contributed by atoms with Gasteiger partial charge in [-0.15, -0.1) is 11.3 Å². The summed E-state index contributed by atoms with van der Waals surface area (Å²) in [5, 5.41) is 9.81. The van der Waals surface area contributed by atoms with Gasteiger partial charge in [0.1, 0.15) is 11.1 Å². The first kappa shape index (κ1) is 10.9. The smallest absolute Gasteiger partial charge is 0.258 e. The highest BCUT2D eigenvalue weighted by molar-refractivity contribution is 7.18. The van der Waals surface area contributed by atoms with Crippen LogP contribution in [0.4, 0.5) is 5.00 Å². The van der Waals surface area contributed by atoms with Gasteiger partial charge in [-0.2, -0.15) is 5.26 Å². The van der Waals surface area contributed by atoms with Crippen LogP contribution in [0, 0.1) is 11.3 Å². The zero-order valence-corrected chi connectivity index (χ0v) is 9.42. The predicted molar refractivity (Wildman–Crippen MR) is 60.6 cm³/mol. The Hall–Kier alpha value is -1.58. The van der Waals surface area contributed by atoms with E-state index >= 15 is 0 Å². The quantitative estimate of drug-likeness (QED) is 0.814. The molecule has 1 fully saturated rings. The molecule has 6 heteroatoms. The third-order valence-corrected chi connectivity index (χ3v) is 3.58. The van der Waals surface area contributed by atoms with E-state index in [4.69, 9.17) is 15.7 Å². The van der Waals surface area contributed by atoms with Gasteiger partial charge in [0, 0.05) is 13.1 Å². The summed E-state index contributed by atoms with van der Waals surface area (Å²) in [7, 11) is 0. The maximum Gasteiger partial charge on any atom is 0.258 e. The van der Waals surface area contributed by atoms with Crippen molar-refractivity contribution in [3.63, 3.8) is 0 Å². The minimum Gasteiger partial charge on any atom is -0.378 e. The molecule has 2 N–H and O–H groups in total. The van der Waals surface area contributed by atoms with Crippen molar-refractivity contribution in [1.82, 2.24) is 0 Å². The molecule has 16 heavy (non-hydrogen) atoms. The Balaban J connectivity index is 2.31. The Labute approximate surface area is 97.0 Å². The molecular formula is C10H11N3O2S. The van der Waals surface area contributed by atoms with Crippen molar-refractivity contribution in [2.75, 3.05) is 31.2 Å². The van der Waals surface area contributed by atoms with Crippen LogP contribution in [0.2, 0.25) is 0 Å². The fourth-order valence-electron chi connectivity index (χ4n) is 1.58. The Morgan fingerprint density at radius 1 is 1.56 bits per heavy atom. The molecule has 1 amide bonds. The summed E-state index contributed by atoms with van der Waals surface area (Å²) in [5.74, 6) is -0.485. The number of hydrogen-bond acceptors (Lipinski definition) is 5. The number of nitriles is 1. The average molecular weight is 237 g/mol. The van der Waals surface area contributed by atoms with Crippen LogP contribution < -0.4 is 10.6 Å². The first-order valence-corrected chi connectivity index (χ1v) is 5.70. The molecule has 1 saturated heterocycles. The number of rotatable bonds is 2. The molecule has 0 aromatic carbocycles. The van der Waals surface area contributed by atoms with Crippen LogP contribution in [0.1, 0.15) is 15.2 Å². The molecule has 5 nitrogen and oxygen atoms in total. The van der Waals surface area contributed by atoms with Crippen LogP contribution in [0.25, 0.3) is 0 Å². The van der Waals surface area contributed by atoms with Crippen LogP contribution in [-0.2, 0) is 4.74 Å². The number of nitrogens with two attached hydrogens (primary N) is 1. The molecule has 0 unspecified atom stereocenters. The fourth-order valence-corrected chi connectivity index (χ4v) is 2.60. The predicted octanol–water partition coefficient (Wildman–Crippen LogP) is 0.555. The van der Waals surface area contributed by atoms with Gasteiger partial charge >= 0.3 is 0 Å². The van der Waals surface area contributed by atoms with E-state index in [1.165, 1.54) is 11.3 Å². The van der Waals surface area contributed by atoms with Crippen molar-refractivity contribution in [2.24, 2.45) is 5.73 Å². The Morgan fingerprint density at radius 3 is 2.81 bits per heavy atom. The van der Waals surface area contributed by atoms with Crippen molar-refractivity contribution in [2.45, 2.75) is 0 Å². The third-order valence-electron chi connectivity index (χ3n) is 2.37. The largest absolute Gasteiger partial charge is 0.378 e. The zero-order valence-electron chi connectivity index (χ0n) is 8.60. The molecule has 1 aliphatic rings. The third kappa shape index (κ3) is 2.01. The number of morpholine rings is 1. The van der Waals surface area contributed by atoms with E-state index in [1.807, 2.05) is 0 Å². The van der Waals surface area contributed by atoms with Gasteiger partial charge in [-0.25, -0.2) is 0 Å². The highest BCUT2D eigenvalue weighted by atomic mass is 32.1. The summed E-state index contributed by atoms with van der Waals surface area (Å²) in [6.45, 7) is 2.78. The van der Waals surface area contributed by atoms with E-state index in [1.54, 1.807) is 6.07 Å². The SMILES string of the molecule is N#Cc1cc(C(N)=O)sc1N1CCOCC1. The van der Waals surface area contributed by atoms with Crippen molar-refractivity contribution < 1.29 is 9.53 Å². The Morgan fingerprint density at radius 2 is 2.25 bits per heavy atom. The van der Waals surface area contributed by atoms with Gasteiger partial charge in [0.15, 0.2) is 0 Å². The summed E-state index contributed by atoms with van der Waals surface area (Å²) in [5.41, 5.74) is 5.71. The number of amides is 1. The van der Waals surface area contributed by atoms with Gasteiger partial charge in [0.05, 0.1) is 23.7 Å². The summed E-state index contributed by atoms with van der Waals surface area (Å²) >= 11 is 1.27.